The summed E-state index contributed by atoms with van der Waals surface area (Å²) < 4.78 is 12.4. The van der Waals surface area contributed by atoms with Crippen LogP contribution in [0.2, 0.25) is 0 Å². The molecule has 0 aliphatic heterocycles. The fraction of sp³-hybridized carbons (Fsp3) is 0.467. The van der Waals surface area contributed by atoms with Crippen molar-refractivity contribution in [2.45, 2.75) is 49.5 Å². The van der Waals surface area contributed by atoms with Crippen molar-refractivity contribution >= 4 is 10.8 Å². The summed E-state index contributed by atoms with van der Waals surface area (Å²) in [5, 5.41) is 10.5. The number of hydrogen-bond acceptors (Lipinski definition) is 2. The third-order valence-electron chi connectivity index (χ3n) is 3.66. The molecule has 0 aromatic heterocycles. The summed E-state index contributed by atoms with van der Waals surface area (Å²) >= 11 is 0. The van der Waals surface area contributed by atoms with E-state index in [9.17, 15) is 9.32 Å². The first kappa shape index (κ1) is 13.5. The first-order valence-corrected chi connectivity index (χ1v) is 7.58. The van der Waals surface area contributed by atoms with Crippen molar-refractivity contribution in [3.8, 4) is 0 Å². The predicted molar refractivity (Wildman–Crippen MR) is 74.8 cm³/mol. The molecule has 1 aliphatic carbocycles. The molecule has 0 radical (unpaired) electrons. The Bertz CT molecular complexity index is 456. The minimum absolute atomic E-state index is 0.464. The van der Waals surface area contributed by atoms with Gasteiger partial charge in [-0.3, -0.25) is 0 Å². The molecule has 1 aromatic rings. The van der Waals surface area contributed by atoms with Gasteiger partial charge < -0.3 is 5.11 Å². The molecule has 1 atom stereocenters. The van der Waals surface area contributed by atoms with Crippen LogP contribution in [0.15, 0.2) is 40.6 Å². The zero-order valence-electron chi connectivity index (χ0n) is 10.8. The zero-order valence-corrected chi connectivity index (χ0v) is 11.6. The first-order chi connectivity index (χ1) is 8.53. The summed E-state index contributed by atoms with van der Waals surface area (Å²) in [4.78, 5) is 1.19. The Hall–Kier alpha value is -0.930. The van der Waals surface area contributed by atoms with Gasteiger partial charge >= 0.3 is 0 Å². The second-order valence-electron chi connectivity index (χ2n) is 5.10. The Kier molecular flexibility index (Phi) is 4.03. The highest BCUT2D eigenvalue weighted by molar-refractivity contribution is 7.89. The molecule has 0 saturated heterocycles. The quantitative estimate of drug-likeness (QED) is 0.909. The molecule has 1 aliphatic rings. The Labute approximate surface area is 111 Å². The Morgan fingerprint density at radius 3 is 2.33 bits per heavy atom. The summed E-state index contributed by atoms with van der Waals surface area (Å²) in [5.41, 5.74) is 0.200. The summed E-state index contributed by atoms with van der Waals surface area (Å²) in [6, 6.07) is 7.57. The van der Waals surface area contributed by atoms with E-state index in [2.05, 4.69) is 6.58 Å². The topological polar surface area (TPSA) is 37.3 Å². The summed E-state index contributed by atoms with van der Waals surface area (Å²) in [5.74, 6) is 0. The standard InChI is InChI=1S/C15H20O2S/c1-12-6-8-14(9-7-12)18(17)13(2)15(16)10-4-3-5-11-15/h6-9,16H,2-5,10-11H2,1H3. The van der Waals surface area contributed by atoms with Crippen LogP contribution in [0.3, 0.4) is 0 Å². The van der Waals surface area contributed by atoms with Gasteiger partial charge in [0.05, 0.1) is 16.4 Å². The van der Waals surface area contributed by atoms with E-state index in [0.29, 0.717) is 17.7 Å². The number of hydrogen-bond donors (Lipinski definition) is 1. The highest BCUT2D eigenvalue weighted by Gasteiger charge is 2.35. The zero-order chi connectivity index (χ0) is 13.2. The van der Waals surface area contributed by atoms with Crippen molar-refractivity contribution in [2.75, 3.05) is 0 Å². The van der Waals surface area contributed by atoms with Crippen LogP contribution in [0, 0.1) is 6.92 Å². The van der Waals surface area contributed by atoms with Crippen molar-refractivity contribution in [2.24, 2.45) is 0 Å². The van der Waals surface area contributed by atoms with E-state index in [1.807, 2.05) is 31.2 Å². The smallest absolute Gasteiger partial charge is 0.0977 e. The van der Waals surface area contributed by atoms with E-state index in [1.165, 1.54) is 0 Å². The largest absolute Gasteiger partial charge is 0.385 e. The highest BCUT2D eigenvalue weighted by atomic mass is 32.2. The summed E-state index contributed by atoms with van der Waals surface area (Å²) in [7, 11) is -1.32. The number of rotatable bonds is 3. The molecule has 98 valence electrons. The second kappa shape index (κ2) is 5.37. The molecule has 0 spiro atoms. The van der Waals surface area contributed by atoms with Crippen LogP contribution in [0.25, 0.3) is 0 Å². The molecule has 18 heavy (non-hydrogen) atoms. The van der Waals surface area contributed by atoms with Crippen molar-refractivity contribution in [3.05, 3.63) is 41.3 Å². The molecular formula is C15H20O2S. The van der Waals surface area contributed by atoms with E-state index < -0.39 is 16.4 Å². The minimum atomic E-state index is -1.32. The normalized spacial score (nSPS) is 20.3. The Morgan fingerprint density at radius 2 is 1.78 bits per heavy atom. The molecule has 2 nitrogen and oxygen atoms in total. The molecule has 1 saturated carbocycles. The number of benzene rings is 1. The molecule has 1 aromatic carbocycles. The molecule has 0 heterocycles. The molecule has 0 bridgehead atoms. The van der Waals surface area contributed by atoms with Crippen LogP contribution in [-0.2, 0) is 10.8 Å². The van der Waals surface area contributed by atoms with Crippen LogP contribution in [-0.4, -0.2) is 14.9 Å². The van der Waals surface area contributed by atoms with Crippen molar-refractivity contribution in [1.82, 2.24) is 0 Å². The van der Waals surface area contributed by atoms with Crippen LogP contribution < -0.4 is 0 Å². The maximum Gasteiger partial charge on any atom is 0.0977 e. The average Bonchev–Trinajstić information content (AvgIpc) is 2.39. The lowest BCUT2D eigenvalue weighted by atomic mass is 9.85. The second-order valence-corrected chi connectivity index (χ2v) is 6.60. The molecule has 1 unspecified atom stereocenters. The molecular weight excluding hydrogens is 244 g/mol. The molecule has 1 N–H and O–H groups in total. The van der Waals surface area contributed by atoms with E-state index in [4.69, 9.17) is 0 Å². The average molecular weight is 264 g/mol. The lowest BCUT2D eigenvalue weighted by Gasteiger charge is -2.33. The van der Waals surface area contributed by atoms with Gasteiger partial charge in [-0.05, 0) is 31.9 Å². The van der Waals surface area contributed by atoms with Gasteiger partial charge in [-0.1, -0.05) is 43.5 Å². The summed E-state index contributed by atoms with van der Waals surface area (Å²) in [6.07, 6.45) is 4.49. The van der Waals surface area contributed by atoms with E-state index in [0.717, 1.165) is 29.7 Å². The first-order valence-electron chi connectivity index (χ1n) is 6.43. The van der Waals surface area contributed by atoms with Crippen LogP contribution >= 0.6 is 0 Å². The van der Waals surface area contributed by atoms with Gasteiger partial charge in [0, 0.05) is 9.80 Å². The van der Waals surface area contributed by atoms with Gasteiger partial charge in [0.1, 0.15) is 0 Å². The van der Waals surface area contributed by atoms with Crippen LogP contribution in [0.4, 0.5) is 0 Å². The van der Waals surface area contributed by atoms with E-state index in [1.54, 1.807) is 0 Å². The SMILES string of the molecule is C=C(S(=O)c1ccc(C)cc1)C1(O)CCCCC1. The Balaban J connectivity index is 2.18. The van der Waals surface area contributed by atoms with Crippen molar-refractivity contribution < 1.29 is 9.32 Å². The van der Waals surface area contributed by atoms with Gasteiger partial charge in [-0.2, -0.15) is 0 Å². The third kappa shape index (κ3) is 2.73. The number of aliphatic hydroxyl groups is 1. The predicted octanol–water partition coefficient (Wildman–Crippen LogP) is 3.31. The fourth-order valence-corrected chi connectivity index (χ4v) is 3.61. The van der Waals surface area contributed by atoms with Gasteiger partial charge in [0.15, 0.2) is 0 Å². The summed E-state index contributed by atoms with van der Waals surface area (Å²) in [6.45, 7) is 5.89. The lowest BCUT2D eigenvalue weighted by Crippen LogP contribution is -2.34. The van der Waals surface area contributed by atoms with Gasteiger partial charge in [0.2, 0.25) is 0 Å². The van der Waals surface area contributed by atoms with Crippen LogP contribution in [0.1, 0.15) is 37.7 Å². The van der Waals surface area contributed by atoms with Gasteiger partial charge in [-0.15, -0.1) is 0 Å². The van der Waals surface area contributed by atoms with Gasteiger partial charge in [-0.25, -0.2) is 4.21 Å². The van der Waals surface area contributed by atoms with E-state index >= 15 is 0 Å². The third-order valence-corrected chi connectivity index (χ3v) is 5.19. The lowest BCUT2D eigenvalue weighted by molar-refractivity contribution is 0.0475. The molecule has 3 heteroatoms. The molecule has 0 amide bonds. The molecule has 1 fully saturated rings. The minimum Gasteiger partial charge on any atom is -0.385 e. The fourth-order valence-electron chi connectivity index (χ4n) is 2.39. The highest BCUT2D eigenvalue weighted by Crippen LogP contribution is 2.36. The monoisotopic (exact) mass is 264 g/mol. The van der Waals surface area contributed by atoms with Crippen LogP contribution in [0.5, 0.6) is 0 Å². The molecule has 2 rings (SSSR count). The van der Waals surface area contributed by atoms with Crippen molar-refractivity contribution in [1.29, 1.82) is 0 Å². The maximum absolute atomic E-state index is 12.4. The maximum atomic E-state index is 12.4. The van der Waals surface area contributed by atoms with E-state index in [-0.39, 0.29) is 0 Å². The number of aryl methyl sites for hydroxylation is 1. The Morgan fingerprint density at radius 1 is 1.22 bits per heavy atom. The van der Waals surface area contributed by atoms with Gasteiger partial charge in [0.25, 0.3) is 0 Å². The van der Waals surface area contributed by atoms with Crippen molar-refractivity contribution in [3.63, 3.8) is 0 Å².